The molecule has 1 amide bonds. The summed E-state index contributed by atoms with van der Waals surface area (Å²) in [5.41, 5.74) is -2.24. The summed E-state index contributed by atoms with van der Waals surface area (Å²) in [6, 6.07) is 8.52. The van der Waals surface area contributed by atoms with E-state index in [9.17, 15) is 27.2 Å². The second-order valence-electron chi connectivity index (χ2n) is 8.74. The predicted molar refractivity (Wildman–Crippen MR) is 118 cm³/mol. The van der Waals surface area contributed by atoms with E-state index in [1.807, 2.05) is 0 Å². The second kappa shape index (κ2) is 8.57. The molecule has 0 saturated heterocycles. The maximum absolute atomic E-state index is 14.5. The highest BCUT2D eigenvalue weighted by Gasteiger charge is 2.34. The fourth-order valence-corrected chi connectivity index (χ4v) is 3.88. The van der Waals surface area contributed by atoms with Gasteiger partial charge >= 0.3 is 11.9 Å². The smallest absolute Gasteiger partial charge is 0.346 e. The normalized spacial score (nSPS) is 14.3. The first kappa shape index (κ1) is 24.0. The van der Waals surface area contributed by atoms with E-state index in [2.05, 4.69) is 10.4 Å². The van der Waals surface area contributed by atoms with Crippen LogP contribution in [-0.2, 0) is 23.1 Å². The number of carbonyl (C=O) groups excluding carboxylic acids is 1. The quantitative estimate of drug-likeness (QED) is 0.493. The Kier molecular flexibility index (Phi) is 6.05. The number of nitrogens with zero attached hydrogens (tertiary/aromatic N) is 3. The van der Waals surface area contributed by atoms with Crippen molar-refractivity contribution in [1.29, 1.82) is 0 Å². The number of alkyl halides is 3. The van der Waals surface area contributed by atoms with Crippen molar-refractivity contribution in [2.45, 2.75) is 51.0 Å². The predicted octanol–water partition coefficient (Wildman–Crippen LogP) is 4.91. The van der Waals surface area contributed by atoms with Gasteiger partial charge in [0.05, 0.1) is 16.7 Å². The molecule has 0 radical (unpaired) electrons. The van der Waals surface area contributed by atoms with Gasteiger partial charge in [0.2, 0.25) is 5.91 Å². The molecule has 1 heterocycles. The first-order valence-electron chi connectivity index (χ1n) is 10.5. The summed E-state index contributed by atoms with van der Waals surface area (Å²) in [5.74, 6) is -1.19. The fraction of sp³-hybridized carbons (Fsp3) is 0.348. The van der Waals surface area contributed by atoms with Crippen LogP contribution in [0.3, 0.4) is 0 Å². The summed E-state index contributed by atoms with van der Waals surface area (Å²) < 4.78 is 56.1. The van der Waals surface area contributed by atoms with Crippen LogP contribution in [0, 0.1) is 5.82 Å². The average molecular weight is 497 g/mol. The lowest BCUT2D eigenvalue weighted by Crippen LogP contribution is -2.44. The summed E-state index contributed by atoms with van der Waals surface area (Å²) in [5, 5.41) is 7.04. The van der Waals surface area contributed by atoms with Gasteiger partial charge < -0.3 is 5.32 Å². The molecular formula is C23H21ClF4N4O2. The van der Waals surface area contributed by atoms with Crippen LogP contribution in [0.1, 0.15) is 43.9 Å². The molecule has 34 heavy (non-hydrogen) atoms. The van der Waals surface area contributed by atoms with E-state index >= 15 is 0 Å². The Bertz CT molecular complexity index is 1310. The Morgan fingerprint density at radius 3 is 2.44 bits per heavy atom. The van der Waals surface area contributed by atoms with Crippen molar-refractivity contribution in [3.63, 3.8) is 0 Å². The summed E-state index contributed by atoms with van der Waals surface area (Å²) in [6.45, 7) is 2.63. The molecule has 1 saturated carbocycles. The highest BCUT2D eigenvalue weighted by atomic mass is 35.5. The zero-order chi connectivity index (χ0) is 24.8. The number of amides is 1. The van der Waals surface area contributed by atoms with Gasteiger partial charge in [-0.25, -0.2) is 13.9 Å². The first-order chi connectivity index (χ1) is 15.9. The lowest BCUT2D eigenvalue weighted by atomic mass is 9.92. The van der Waals surface area contributed by atoms with Crippen LogP contribution in [0.25, 0.3) is 11.4 Å². The third kappa shape index (κ3) is 4.86. The molecule has 1 fully saturated rings. The van der Waals surface area contributed by atoms with Crippen LogP contribution < -0.4 is 11.0 Å². The van der Waals surface area contributed by atoms with Crippen molar-refractivity contribution in [3.8, 4) is 11.4 Å². The highest BCUT2D eigenvalue weighted by Crippen LogP contribution is 2.37. The number of rotatable bonds is 6. The molecule has 0 bridgehead atoms. The molecule has 0 unspecified atom stereocenters. The van der Waals surface area contributed by atoms with Crippen molar-refractivity contribution in [2.24, 2.45) is 0 Å². The number of carbonyl (C=O) groups is 1. The Morgan fingerprint density at radius 1 is 1.15 bits per heavy atom. The van der Waals surface area contributed by atoms with Gasteiger partial charge in [-0.15, -0.1) is 5.10 Å². The largest absolute Gasteiger partial charge is 0.416 e. The van der Waals surface area contributed by atoms with Crippen LogP contribution in [0.2, 0.25) is 5.02 Å². The van der Waals surface area contributed by atoms with E-state index in [1.54, 1.807) is 13.8 Å². The molecule has 3 aromatic rings. The molecule has 180 valence electrons. The van der Waals surface area contributed by atoms with Crippen molar-refractivity contribution in [2.75, 3.05) is 0 Å². The Labute approximate surface area is 197 Å². The molecule has 1 N–H and O–H groups in total. The van der Waals surface area contributed by atoms with E-state index in [0.29, 0.717) is 0 Å². The minimum absolute atomic E-state index is 0.0804. The average Bonchev–Trinajstić information content (AvgIpc) is 3.52. The number of halogens is 5. The molecule has 0 atom stereocenters. The molecule has 1 aromatic heterocycles. The van der Waals surface area contributed by atoms with E-state index in [4.69, 9.17) is 11.6 Å². The molecule has 2 aromatic carbocycles. The molecular weight excluding hydrogens is 476 g/mol. The van der Waals surface area contributed by atoms with Gasteiger partial charge in [-0.2, -0.15) is 13.2 Å². The van der Waals surface area contributed by atoms with Crippen LogP contribution in [-0.4, -0.2) is 20.3 Å². The van der Waals surface area contributed by atoms with E-state index in [-0.39, 0.29) is 28.0 Å². The van der Waals surface area contributed by atoms with E-state index in [0.717, 1.165) is 35.7 Å². The number of nitrogens with one attached hydrogen (secondary N) is 1. The van der Waals surface area contributed by atoms with Crippen molar-refractivity contribution in [3.05, 3.63) is 74.9 Å². The fourth-order valence-electron chi connectivity index (χ4n) is 3.72. The Balaban J connectivity index is 1.60. The van der Waals surface area contributed by atoms with Crippen molar-refractivity contribution >= 4 is 17.5 Å². The number of aromatic nitrogens is 3. The van der Waals surface area contributed by atoms with Crippen molar-refractivity contribution in [1.82, 2.24) is 19.7 Å². The van der Waals surface area contributed by atoms with Gasteiger partial charge in [-0.3, -0.25) is 9.36 Å². The lowest BCUT2D eigenvalue weighted by molar-refractivity contribution is -0.137. The van der Waals surface area contributed by atoms with Gasteiger partial charge in [-0.05, 0) is 62.6 Å². The molecule has 11 heteroatoms. The summed E-state index contributed by atoms with van der Waals surface area (Å²) in [4.78, 5) is 25.7. The monoisotopic (exact) mass is 496 g/mol. The highest BCUT2D eigenvalue weighted by molar-refractivity contribution is 6.30. The second-order valence-corrected chi connectivity index (χ2v) is 9.18. The van der Waals surface area contributed by atoms with Crippen LogP contribution >= 0.6 is 11.6 Å². The van der Waals surface area contributed by atoms with Crippen LogP contribution in [0.15, 0.2) is 47.3 Å². The molecule has 4 rings (SSSR count). The minimum Gasteiger partial charge on any atom is -0.346 e. The standard InChI is InChI=1S/C23H21ClF4N4O2/c1-22(2,13-4-3-5-14(10-13)23(26,27)28)29-19(33)12-31-21(34)32(16-7-8-16)20(30-31)17-9-6-15(24)11-18(17)25/h3-6,9-11,16H,7-8,12H2,1-2H3,(H,29,33). The first-order valence-corrected chi connectivity index (χ1v) is 10.9. The Morgan fingerprint density at radius 2 is 1.82 bits per heavy atom. The molecule has 1 aliphatic rings. The summed E-state index contributed by atoms with van der Waals surface area (Å²) in [7, 11) is 0. The third-order valence-corrected chi connectivity index (χ3v) is 5.85. The molecule has 0 spiro atoms. The number of benzene rings is 2. The SMILES string of the molecule is CC(C)(NC(=O)Cn1nc(-c2ccc(Cl)cc2F)n(C2CC2)c1=O)c1cccc(C(F)(F)F)c1. The van der Waals surface area contributed by atoms with Gasteiger partial charge in [0.1, 0.15) is 12.4 Å². The van der Waals surface area contributed by atoms with Gasteiger partial charge in [0.25, 0.3) is 0 Å². The lowest BCUT2D eigenvalue weighted by Gasteiger charge is -2.27. The zero-order valence-corrected chi connectivity index (χ0v) is 19.0. The van der Waals surface area contributed by atoms with E-state index < -0.39 is 41.2 Å². The Hall–Kier alpha value is -3.14. The minimum atomic E-state index is -4.52. The maximum Gasteiger partial charge on any atom is 0.416 e. The third-order valence-electron chi connectivity index (χ3n) is 5.61. The molecule has 0 aliphatic heterocycles. The topological polar surface area (TPSA) is 68.9 Å². The zero-order valence-electron chi connectivity index (χ0n) is 18.3. The number of hydrogen-bond acceptors (Lipinski definition) is 3. The maximum atomic E-state index is 14.5. The van der Waals surface area contributed by atoms with Gasteiger partial charge in [0, 0.05) is 11.1 Å². The van der Waals surface area contributed by atoms with Crippen LogP contribution in [0.5, 0.6) is 0 Å². The summed E-state index contributed by atoms with van der Waals surface area (Å²) in [6.07, 6.45) is -3.07. The molecule has 1 aliphatic carbocycles. The van der Waals surface area contributed by atoms with E-state index in [1.165, 1.54) is 28.8 Å². The van der Waals surface area contributed by atoms with Crippen molar-refractivity contribution < 1.29 is 22.4 Å². The van der Waals surface area contributed by atoms with Gasteiger partial charge in [-0.1, -0.05) is 23.7 Å². The molecule has 6 nitrogen and oxygen atoms in total. The number of hydrogen-bond donors (Lipinski definition) is 1. The van der Waals surface area contributed by atoms with Crippen LogP contribution in [0.4, 0.5) is 17.6 Å². The van der Waals surface area contributed by atoms with Gasteiger partial charge in [0.15, 0.2) is 5.82 Å². The summed E-state index contributed by atoms with van der Waals surface area (Å²) >= 11 is 5.82.